The number of carbonyl (C=O) groups excluding carboxylic acids is 1. The predicted molar refractivity (Wildman–Crippen MR) is 120 cm³/mol. The molecule has 13 heteroatoms. The van der Waals surface area contributed by atoms with Gasteiger partial charge in [0, 0.05) is 44.2 Å². The summed E-state index contributed by atoms with van der Waals surface area (Å²) in [5.74, 6) is -4.06. The summed E-state index contributed by atoms with van der Waals surface area (Å²) in [7, 11) is 3.66. The number of benzene rings is 1. The van der Waals surface area contributed by atoms with Crippen LogP contribution in [0.4, 0.5) is 33.3 Å². The van der Waals surface area contributed by atoms with Gasteiger partial charge in [-0.1, -0.05) is 0 Å². The van der Waals surface area contributed by atoms with Crippen molar-refractivity contribution in [3.05, 3.63) is 54.5 Å². The maximum absolute atomic E-state index is 14.4. The second-order valence-corrected chi connectivity index (χ2v) is 8.28. The van der Waals surface area contributed by atoms with Crippen molar-refractivity contribution in [2.45, 2.75) is 24.2 Å². The first-order valence-corrected chi connectivity index (χ1v) is 10.7. The first-order valence-electron chi connectivity index (χ1n) is 10.7. The van der Waals surface area contributed by atoms with E-state index >= 15 is 0 Å². The Balaban J connectivity index is 1.71. The third kappa shape index (κ3) is 4.45. The van der Waals surface area contributed by atoms with Gasteiger partial charge in [0.25, 0.3) is 0 Å². The normalized spacial score (nSPS) is 20.0. The van der Waals surface area contributed by atoms with Crippen molar-refractivity contribution >= 4 is 17.3 Å². The molecule has 36 heavy (non-hydrogen) atoms. The number of ether oxygens (including phenoxy) is 2. The van der Waals surface area contributed by atoms with Crippen molar-refractivity contribution in [3.8, 4) is 17.0 Å². The van der Waals surface area contributed by atoms with Crippen molar-refractivity contribution in [3.63, 3.8) is 0 Å². The van der Waals surface area contributed by atoms with E-state index in [1.807, 2.05) is 0 Å². The van der Waals surface area contributed by atoms with Gasteiger partial charge in [0.05, 0.1) is 31.2 Å². The Hall–Kier alpha value is -3.74. The third-order valence-corrected chi connectivity index (χ3v) is 6.11. The number of nitrogens with zero attached hydrogens (tertiary/aromatic N) is 4. The van der Waals surface area contributed by atoms with Crippen LogP contribution in [-0.4, -0.2) is 59.3 Å². The van der Waals surface area contributed by atoms with Gasteiger partial charge in [-0.15, -0.1) is 0 Å². The smallest absolute Gasteiger partial charge is 0.419 e. The van der Waals surface area contributed by atoms with E-state index in [0.717, 1.165) is 31.3 Å². The number of anilines is 2. The first kappa shape index (κ1) is 25.4. The summed E-state index contributed by atoms with van der Waals surface area (Å²) in [5, 5.41) is 6.66. The highest BCUT2D eigenvalue weighted by Gasteiger charge is 2.63. The SMILES string of the molecule is COc1c(N2CC(OC)(C(F)(F)F)CC2C(=O)Nc2ccnc(-c3cnn(C)c3)c2)ccc(F)c1F. The Morgan fingerprint density at radius 3 is 2.58 bits per heavy atom. The molecule has 1 N–H and O–H groups in total. The number of halogens is 5. The minimum atomic E-state index is -4.86. The van der Waals surface area contributed by atoms with Gasteiger partial charge in [-0.05, 0) is 24.3 Å². The molecule has 0 spiro atoms. The third-order valence-electron chi connectivity index (χ3n) is 6.11. The van der Waals surface area contributed by atoms with E-state index in [1.54, 1.807) is 30.2 Å². The van der Waals surface area contributed by atoms with Gasteiger partial charge in [-0.25, -0.2) is 4.39 Å². The van der Waals surface area contributed by atoms with Gasteiger partial charge in [-0.3, -0.25) is 14.5 Å². The van der Waals surface area contributed by atoms with Gasteiger partial charge in [0.1, 0.15) is 6.04 Å². The molecule has 1 aliphatic rings. The van der Waals surface area contributed by atoms with E-state index in [4.69, 9.17) is 9.47 Å². The molecule has 2 atom stereocenters. The molecule has 0 radical (unpaired) electrons. The molecule has 1 fully saturated rings. The number of hydrogen-bond acceptors (Lipinski definition) is 6. The quantitative estimate of drug-likeness (QED) is 0.505. The Bertz CT molecular complexity index is 1280. The van der Waals surface area contributed by atoms with Crippen molar-refractivity contribution < 1.29 is 36.2 Å². The fourth-order valence-corrected chi connectivity index (χ4v) is 4.22. The van der Waals surface area contributed by atoms with E-state index in [1.165, 1.54) is 12.3 Å². The summed E-state index contributed by atoms with van der Waals surface area (Å²) in [4.78, 5) is 18.5. The number of rotatable bonds is 6. The molecule has 192 valence electrons. The summed E-state index contributed by atoms with van der Waals surface area (Å²) in [6, 6.07) is 3.38. The number of carbonyl (C=O) groups is 1. The Morgan fingerprint density at radius 2 is 1.97 bits per heavy atom. The van der Waals surface area contributed by atoms with Crippen molar-refractivity contribution in [1.29, 1.82) is 0 Å². The first-order chi connectivity index (χ1) is 17.0. The van der Waals surface area contributed by atoms with Gasteiger partial charge in [-0.2, -0.15) is 22.7 Å². The Morgan fingerprint density at radius 1 is 1.22 bits per heavy atom. The summed E-state index contributed by atoms with van der Waals surface area (Å²) < 4.78 is 81.8. The maximum atomic E-state index is 14.4. The highest BCUT2D eigenvalue weighted by atomic mass is 19.4. The number of amides is 1. The number of hydrogen-bond donors (Lipinski definition) is 1. The summed E-state index contributed by atoms with van der Waals surface area (Å²) in [5.41, 5.74) is -1.53. The van der Waals surface area contributed by atoms with Crippen LogP contribution >= 0.6 is 0 Å². The average molecular weight is 511 g/mol. The summed E-state index contributed by atoms with van der Waals surface area (Å²) in [6.07, 6.45) is -0.943. The molecule has 3 heterocycles. The second-order valence-electron chi connectivity index (χ2n) is 8.28. The molecule has 4 rings (SSSR count). The highest BCUT2D eigenvalue weighted by molar-refractivity contribution is 5.98. The summed E-state index contributed by atoms with van der Waals surface area (Å²) in [6.45, 7) is -0.843. The standard InChI is InChI=1S/C23H22F5N5O3/c1-32-11-13(10-30-32)16-8-14(6-7-29-16)31-21(34)18-9-22(36-3,23(26,27)28)12-33(18)17-5-4-15(24)19(25)20(17)35-2/h4-8,10-11,18H,9,12H2,1-3H3,(H,29,31,34). The molecule has 1 saturated heterocycles. The minimum absolute atomic E-state index is 0.217. The second kappa shape index (κ2) is 9.37. The van der Waals surface area contributed by atoms with Crippen LogP contribution in [0, 0.1) is 11.6 Å². The Labute approximate surface area is 202 Å². The number of nitrogens with one attached hydrogen (secondary N) is 1. The lowest BCUT2D eigenvalue weighted by atomic mass is 9.99. The fourth-order valence-electron chi connectivity index (χ4n) is 4.22. The van der Waals surface area contributed by atoms with E-state index < -0.39 is 54.1 Å². The van der Waals surface area contributed by atoms with Crippen LogP contribution in [0.25, 0.3) is 11.3 Å². The zero-order valence-electron chi connectivity index (χ0n) is 19.4. The van der Waals surface area contributed by atoms with Gasteiger partial charge < -0.3 is 19.7 Å². The lowest BCUT2D eigenvalue weighted by molar-refractivity contribution is -0.261. The Kier molecular flexibility index (Phi) is 6.60. The van der Waals surface area contributed by atoms with Gasteiger partial charge in [0.15, 0.2) is 17.2 Å². The van der Waals surface area contributed by atoms with E-state index in [2.05, 4.69) is 15.4 Å². The van der Waals surface area contributed by atoms with Gasteiger partial charge in [0.2, 0.25) is 11.7 Å². The van der Waals surface area contributed by atoms with E-state index in [-0.39, 0.29) is 11.4 Å². The van der Waals surface area contributed by atoms with Crippen LogP contribution in [-0.2, 0) is 16.6 Å². The number of methoxy groups -OCH3 is 2. The molecule has 2 unspecified atom stereocenters. The van der Waals surface area contributed by atoms with Crippen molar-refractivity contribution in [2.75, 3.05) is 31.0 Å². The predicted octanol–water partition coefficient (Wildman–Crippen LogP) is 3.93. The number of aromatic nitrogens is 3. The molecule has 0 aliphatic carbocycles. The molecular formula is C23H22F5N5O3. The summed E-state index contributed by atoms with van der Waals surface area (Å²) >= 11 is 0. The van der Waals surface area contributed by atoms with Crippen molar-refractivity contribution in [1.82, 2.24) is 14.8 Å². The lowest BCUT2D eigenvalue weighted by Gasteiger charge is -2.31. The molecule has 1 aliphatic heterocycles. The molecular weight excluding hydrogens is 489 g/mol. The minimum Gasteiger partial charge on any atom is -0.491 e. The van der Waals surface area contributed by atoms with Crippen LogP contribution in [0.1, 0.15) is 6.42 Å². The molecule has 8 nitrogen and oxygen atoms in total. The van der Waals surface area contributed by atoms with Crippen LogP contribution in [0.2, 0.25) is 0 Å². The largest absolute Gasteiger partial charge is 0.491 e. The molecule has 0 bridgehead atoms. The topological polar surface area (TPSA) is 81.5 Å². The van der Waals surface area contributed by atoms with Crippen LogP contribution in [0.5, 0.6) is 5.75 Å². The fraction of sp³-hybridized carbons (Fsp3) is 0.348. The average Bonchev–Trinajstić information content (AvgIpc) is 3.45. The molecule has 2 aromatic heterocycles. The molecule has 1 amide bonds. The monoisotopic (exact) mass is 511 g/mol. The zero-order valence-corrected chi connectivity index (χ0v) is 19.4. The van der Waals surface area contributed by atoms with Crippen LogP contribution in [0.3, 0.4) is 0 Å². The van der Waals surface area contributed by atoms with Crippen molar-refractivity contribution in [2.24, 2.45) is 7.05 Å². The number of aryl methyl sites for hydroxylation is 1. The number of pyridine rings is 1. The van der Waals surface area contributed by atoms with Crippen LogP contribution in [0.15, 0.2) is 42.9 Å². The van der Waals surface area contributed by atoms with E-state index in [9.17, 15) is 26.7 Å². The number of alkyl halides is 3. The van der Waals surface area contributed by atoms with Crippen LogP contribution < -0.4 is 15.0 Å². The van der Waals surface area contributed by atoms with Gasteiger partial charge >= 0.3 is 6.18 Å². The van der Waals surface area contributed by atoms with E-state index in [0.29, 0.717) is 11.3 Å². The highest BCUT2D eigenvalue weighted by Crippen LogP contribution is 2.47. The lowest BCUT2D eigenvalue weighted by Crippen LogP contribution is -2.49. The molecule has 1 aromatic carbocycles. The maximum Gasteiger partial charge on any atom is 0.419 e. The zero-order chi connectivity index (χ0) is 26.3. The molecule has 0 saturated carbocycles. The molecule has 3 aromatic rings.